The normalized spacial score (nSPS) is 40.4. The molecule has 3 rings (SSSR count). The Morgan fingerprint density at radius 3 is 2.57 bits per heavy atom. The van der Waals surface area contributed by atoms with Crippen LogP contribution in [0.15, 0.2) is 23.3 Å². The highest BCUT2D eigenvalue weighted by Crippen LogP contribution is 2.43. The van der Waals surface area contributed by atoms with Crippen molar-refractivity contribution in [2.45, 2.75) is 76.0 Å². The van der Waals surface area contributed by atoms with Gasteiger partial charge in [-0.2, -0.15) is 0 Å². The number of carbonyl (C=O) groups is 1. The third kappa shape index (κ3) is 4.34. The third-order valence-electron chi connectivity index (χ3n) is 6.43. The topological polar surface area (TPSA) is 146 Å². The van der Waals surface area contributed by atoms with Crippen LogP contribution in [0.2, 0.25) is 0 Å². The van der Waals surface area contributed by atoms with E-state index < -0.39 is 55.3 Å². The standard InChI is InChI=1S/C21H32O9/c1-9(14-10(2)7-12-15(17(14)24)11(3)20(27)29-12)5-4-6-28-21-19(26)18(25)16(23)13(8-22)30-21/h9,12-13,15-19,21-26H,3-8H2,1-2H3/t9?,12?,13-,15?,16-,17?,18+,19-,21-/m1/s1. The Labute approximate surface area is 175 Å². The molecule has 2 fully saturated rings. The maximum absolute atomic E-state index is 11.8. The van der Waals surface area contributed by atoms with Crippen LogP contribution in [0.1, 0.15) is 33.1 Å². The molecule has 30 heavy (non-hydrogen) atoms. The van der Waals surface area contributed by atoms with E-state index in [1.165, 1.54) is 0 Å². The average Bonchev–Trinajstić information content (AvgIpc) is 2.98. The summed E-state index contributed by atoms with van der Waals surface area (Å²) in [6.45, 7) is 7.42. The second-order valence-electron chi connectivity index (χ2n) is 8.49. The lowest BCUT2D eigenvalue weighted by Gasteiger charge is -2.39. The Hall–Kier alpha value is -1.33. The van der Waals surface area contributed by atoms with E-state index in [0.717, 1.165) is 11.1 Å². The summed E-state index contributed by atoms with van der Waals surface area (Å²) >= 11 is 0. The quantitative estimate of drug-likeness (QED) is 0.155. The number of carbonyl (C=O) groups excluding carboxylic acids is 1. The minimum absolute atomic E-state index is 0.0304. The largest absolute Gasteiger partial charge is 0.458 e. The van der Waals surface area contributed by atoms with Gasteiger partial charge in [-0.15, -0.1) is 0 Å². The number of ether oxygens (including phenoxy) is 3. The molecule has 2 aliphatic heterocycles. The Kier molecular flexibility index (Phi) is 7.34. The van der Waals surface area contributed by atoms with Gasteiger partial charge in [-0.3, -0.25) is 0 Å². The molecule has 9 heteroatoms. The molecule has 0 spiro atoms. The molecule has 0 aromatic heterocycles. The van der Waals surface area contributed by atoms with Crippen LogP contribution in [-0.2, 0) is 19.0 Å². The van der Waals surface area contributed by atoms with E-state index in [-0.39, 0.29) is 18.6 Å². The minimum Gasteiger partial charge on any atom is -0.458 e. The lowest BCUT2D eigenvalue weighted by Crippen LogP contribution is -2.59. The van der Waals surface area contributed by atoms with Crippen LogP contribution >= 0.6 is 0 Å². The molecule has 0 aromatic rings. The molecular formula is C21H32O9. The van der Waals surface area contributed by atoms with Gasteiger partial charge < -0.3 is 39.7 Å². The Morgan fingerprint density at radius 1 is 1.20 bits per heavy atom. The summed E-state index contributed by atoms with van der Waals surface area (Å²) in [6.07, 6.45) is -5.79. The van der Waals surface area contributed by atoms with Gasteiger partial charge in [0.1, 0.15) is 30.5 Å². The van der Waals surface area contributed by atoms with Crippen molar-refractivity contribution < 1.29 is 44.5 Å². The number of hydrogen-bond donors (Lipinski definition) is 5. The summed E-state index contributed by atoms with van der Waals surface area (Å²) < 4.78 is 16.2. The van der Waals surface area contributed by atoms with Gasteiger partial charge in [-0.25, -0.2) is 4.79 Å². The number of aliphatic hydroxyl groups excluding tert-OH is 5. The second kappa shape index (κ2) is 9.44. The van der Waals surface area contributed by atoms with Crippen LogP contribution in [0.25, 0.3) is 0 Å². The monoisotopic (exact) mass is 428 g/mol. The predicted octanol–water partition coefficient (Wildman–Crippen LogP) is -0.602. The number of fused-ring (bicyclic) bond motifs is 1. The summed E-state index contributed by atoms with van der Waals surface area (Å²) in [5.41, 5.74) is 2.22. The smallest absolute Gasteiger partial charge is 0.334 e. The van der Waals surface area contributed by atoms with Crippen molar-refractivity contribution >= 4 is 5.97 Å². The number of hydrogen-bond acceptors (Lipinski definition) is 9. The van der Waals surface area contributed by atoms with E-state index >= 15 is 0 Å². The van der Waals surface area contributed by atoms with Crippen molar-refractivity contribution in [1.29, 1.82) is 0 Å². The van der Waals surface area contributed by atoms with Gasteiger partial charge in [0.15, 0.2) is 6.29 Å². The van der Waals surface area contributed by atoms with Crippen LogP contribution in [0.4, 0.5) is 0 Å². The van der Waals surface area contributed by atoms with Crippen molar-refractivity contribution in [3.63, 3.8) is 0 Å². The molecule has 2 heterocycles. The van der Waals surface area contributed by atoms with Crippen LogP contribution in [0.5, 0.6) is 0 Å². The fraction of sp³-hybridized carbons (Fsp3) is 0.762. The maximum Gasteiger partial charge on any atom is 0.334 e. The fourth-order valence-corrected chi connectivity index (χ4v) is 4.74. The second-order valence-corrected chi connectivity index (χ2v) is 8.49. The van der Waals surface area contributed by atoms with Gasteiger partial charge in [0, 0.05) is 18.6 Å². The molecule has 5 N–H and O–H groups in total. The Bertz CT molecular complexity index is 688. The number of esters is 1. The predicted molar refractivity (Wildman–Crippen MR) is 104 cm³/mol. The van der Waals surface area contributed by atoms with E-state index in [1.807, 2.05) is 13.8 Å². The molecule has 9 atom stereocenters. The highest BCUT2D eigenvalue weighted by Gasteiger charge is 2.48. The average molecular weight is 428 g/mol. The maximum atomic E-state index is 11.8. The zero-order valence-electron chi connectivity index (χ0n) is 17.3. The Balaban J connectivity index is 1.52. The molecule has 0 aromatic carbocycles. The van der Waals surface area contributed by atoms with Gasteiger partial charge >= 0.3 is 5.97 Å². The first-order valence-electron chi connectivity index (χ1n) is 10.4. The van der Waals surface area contributed by atoms with Crippen LogP contribution in [0.3, 0.4) is 0 Å². The van der Waals surface area contributed by atoms with Gasteiger partial charge in [0.2, 0.25) is 0 Å². The Morgan fingerprint density at radius 2 is 1.90 bits per heavy atom. The number of rotatable bonds is 7. The summed E-state index contributed by atoms with van der Waals surface area (Å²) in [4.78, 5) is 11.8. The molecule has 0 saturated carbocycles. The first-order chi connectivity index (χ1) is 14.2. The third-order valence-corrected chi connectivity index (χ3v) is 6.43. The van der Waals surface area contributed by atoms with E-state index in [4.69, 9.17) is 14.2 Å². The molecule has 1 aliphatic carbocycles. The minimum atomic E-state index is -1.47. The van der Waals surface area contributed by atoms with Gasteiger partial charge in [-0.1, -0.05) is 19.1 Å². The lowest BCUT2D eigenvalue weighted by molar-refractivity contribution is -0.301. The first-order valence-corrected chi connectivity index (χ1v) is 10.4. The van der Waals surface area contributed by atoms with E-state index in [1.54, 1.807) is 0 Å². The summed E-state index contributed by atoms with van der Waals surface area (Å²) in [7, 11) is 0. The summed E-state index contributed by atoms with van der Waals surface area (Å²) in [5, 5.41) is 49.7. The molecule has 0 radical (unpaired) electrons. The van der Waals surface area contributed by atoms with E-state index in [0.29, 0.717) is 24.8 Å². The molecule has 0 bridgehead atoms. The van der Waals surface area contributed by atoms with Gasteiger partial charge in [0.25, 0.3) is 0 Å². The SMILES string of the molecule is C=C1C(=O)OC2CC(C)=C(C(C)CCCO[C@@H]3O[C@H](CO)[C@@H](O)[C@H](O)[C@H]3O)C(O)C12. The fourth-order valence-electron chi connectivity index (χ4n) is 4.74. The van der Waals surface area contributed by atoms with Gasteiger partial charge in [-0.05, 0) is 31.3 Å². The number of aliphatic hydroxyl groups is 5. The summed E-state index contributed by atoms with van der Waals surface area (Å²) in [6, 6.07) is 0. The molecular weight excluding hydrogens is 396 g/mol. The summed E-state index contributed by atoms with van der Waals surface area (Å²) in [5.74, 6) is -0.828. The van der Waals surface area contributed by atoms with Crippen LogP contribution in [0, 0.1) is 11.8 Å². The van der Waals surface area contributed by atoms with Crippen molar-refractivity contribution in [2.75, 3.05) is 13.2 Å². The van der Waals surface area contributed by atoms with E-state index in [2.05, 4.69) is 6.58 Å². The highest BCUT2D eigenvalue weighted by atomic mass is 16.7. The van der Waals surface area contributed by atoms with Crippen LogP contribution in [-0.4, -0.2) is 87.6 Å². The highest BCUT2D eigenvalue weighted by molar-refractivity contribution is 5.91. The van der Waals surface area contributed by atoms with Gasteiger partial charge in [0.05, 0.1) is 18.6 Å². The lowest BCUT2D eigenvalue weighted by atomic mass is 9.73. The molecule has 9 nitrogen and oxygen atoms in total. The molecule has 0 amide bonds. The van der Waals surface area contributed by atoms with Crippen LogP contribution < -0.4 is 0 Å². The molecule has 170 valence electrons. The van der Waals surface area contributed by atoms with Crippen molar-refractivity contribution in [3.8, 4) is 0 Å². The zero-order valence-corrected chi connectivity index (χ0v) is 17.3. The zero-order chi connectivity index (χ0) is 22.2. The van der Waals surface area contributed by atoms with E-state index in [9.17, 15) is 30.3 Å². The first kappa shape index (κ1) is 23.3. The molecule has 4 unspecified atom stereocenters. The molecule has 2 saturated heterocycles. The van der Waals surface area contributed by atoms with Crippen molar-refractivity contribution in [3.05, 3.63) is 23.3 Å². The molecule has 3 aliphatic rings. The van der Waals surface area contributed by atoms with Crippen molar-refractivity contribution in [2.24, 2.45) is 11.8 Å². The van der Waals surface area contributed by atoms with Crippen molar-refractivity contribution in [1.82, 2.24) is 0 Å².